The van der Waals surface area contributed by atoms with Crippen LogP contribution in [0.3, 0.4) is 0 Å². The first-order valence-corrected chi connectivity index (χ1v) is 6.30. The van der Waals surface area contributed by atoms with Crippen molar-refractivity contribution < 1.29 is 9.50 Å². The highest BCUT2D eigenvalue weighted by Gasteiger charge is 2.22. The molecule has 17 heavy (non-hydrogen) atoms. The molecule has 1 atom stereocenters. The molecule has 1 unspecified atom stereocenters. The molecule has 0 bridgehead atoms. The molecule has 1 saturated carbocycles. The Balaban J connectivity index is 1.80. The van der Waals surface area contributed by atoms with Crippen LogP contribution in [0, 0.1) is 5.82 Å². The topological polar surface area (TPSA) is 23.5 Å². The average molecular weight is 237 g/mol. The molecule has 0 radical (unpaired) electrons. The van der Waals surface area contributed by atoms with Gasteiger partial charge in [-0.2, -0.15) is 0 Å². The van der Waals surface area contributed by atoms with Gasteiger partial charge in [0.1, 0.15) is 5.82 Å². The zero-order valence-electron chi connectivity index (χ0n) is 10.3. The van der Waals surface area contributed by atoms with E-state index in [0.29, 0.717) is 12.5 Å². The summed E-state index contributed by atoms with van der Waals surface area (Å²) in [5, 5.41) is 9.98. The zero-order chi connectivity index (χ0) is 12.3. The molecule has 0 saturated heterocycles. The number of benzene rings is 1. The minimum absolute atomic E-state index is 0.257. The van der Waals surface area contributed by atoms with Crippen LogP contribution in [-0.4, -0.2) is 29.6 Å². The van der Waals surface area contributed by atoms with Gasteiger partial charge >= 0.3 is 0 Å². The molecule has 2 rings (SSSR count). The number of hydrogen-bond acceptors (Lipinski definition) is 2. The first-order chi connectivity index (χ1) is 8.16. The lowest BCUT2D eigenvalue weighted by atomic mass is 9.91. The summed E-state index contributed by atoms with van der Waals surface area (Å²) in [4.78, 5) is 2.32. The highest BCUT2D eigenvalue weighted by Crippen LogP contribution is 2.25. The quantitative estimate of drug-likeness (QED) is 0.851. The van der Waals surface area contributed by atoms with Gasteiger partial charge in [-0.15, -0.1) is 0 Å². The van der Waals surface area contributed by atoms with Crippen LogP contribution >= 0.6 is 0 Å². The molecule has 1 aromatic carbocycles. The van der Waals surface area contributed by atoms with Crippen molar-refractivity contribution in [2.75, 3.05) is 13.6 Å². The summed E-state index contributed by atoms with van der Waals surface area (Å²) < 4.78 is 12.7. The van der Waals surface area contributed by atoms with Crippen molar-refractivity contribution >= 4 is 0 Å². The van der Waals surface area contributed by atoms with Crippen LogP contribution in [0.5, 0.6) is 0 Å². The van der Waals surface area contributed by atoms with E-state index in [1.807, 2.05) is 0 Å². The average Bonchev–Trinajstić information content (AvgIpc) is 2.24. The molecule has 0 aliphatic heterocycles. The van der Waals surface area contributed by atoms with Crippen molar-refractivity contribution in [1.29, 1.82) is 0 Å². The van der Waals surface area contributed by atoms with E-state index in [1.165, 1.54) is 31.4 Å². The summed E-state index contributed by atoms with van der Waals surface area (Å²) in [5.74, 6) is -0.257. The highest BCUT2D eigenvalue weighted by molar-refractivity contribution is 5.18. The highest BCUT2D eigenvalue weighted by atomic mass is 19.1. The maximum absolute atomic E-state index is 12.7. The van der Waals surface area contributed by atoms with E-state index in [0.717, 1.165) is 12.1 Å². The maximum atomic E-state index is 12.7. The molecule has 1 aliphatic carbocycles. The Bertz CT molecular complexity index is 348. The first kappa shape index (κ1) is 12.5. The molecular formula is C14H20FNO. The number of nitrogens with zero attached hydrogens (tertiary/aromatic N) is 1. The van der Waals surface area contributed by atoms with E-state index < -0.39 is 6.10 Å². The van der Waals surface area contributed by atoms with Crippen LogP contribution in [0.25, 0.3) is 0 Å². The minimum Gasteiger partial charge on any atom is -0.388 e. The summed E-state index contributed by atoms with van der Waals surface area (Å²) in [7, 11) is 2.11. The Kier molecular flexibility index (Phi) is 4.13. The van der Waals surface area contributed by atoms with Crippen molar-refractivity contribution in [3.8, 4) is 0 Å². The SMILES string of the molecule is CN(CCC(O)c1ccc(F)cc1)C1CCC1. The van der Waals surface area contributed by atoms with Gasteiger partial charge in [0.2, 0.25) is 0 Å². The Morgan fingerprint density at radius 3 is 2.53 bits per heavy atom. The fraction of sp³-hybridized carbons (Fsp3) is 0.571. The fourth-order valence-electron chi connectivity index (χ4n) is 2.19. The second kappa shape index (κ2) is 5.61. The Labute approximate surface area is 102 Å². The summed E-state index contributed by atoms with van der Waals surface area (Å²) in [6.45, 7) is 0.892. The van der Waals surface area contributed by atoms with Gasteiger partial charge in [-0.3, -0.25) is 0 Å². The Morgan fingerprint density at radius 2 is 2.00 bits per heavy atom. The number of rotatable bonds is 5. The van der Waals surface area contributed by atoms with Crippen molar-refractivity contribution in [3.63, 3.8) is 0 Å². The van der Waals surface area contributed by atoms with Crippen LogP contribution < -0.4 is 0 Å². The number of aliphatic hydroxyl groups excluding tert-OH is 1. The maximum Gasteiger partial charge on any atom is 0.123 e. The lowest BCUT2D eigenvalue weighted by Crippen LogP contribution is -2.38. The van der Waals surface area contributed by atoms with E-state index in [1.54, 1.807) is 12.1 Å². The zero-order valence-corrected chi connectivity index (χ0v) is 10.3. The summed E-state index contributed by atoms with van der Waals surface area (Å²) in [6, 6.07) is 6.81. The first-order valence-electron chi connectivity index (χ1n) is 6.30. The molecular weight excluding hydrogens is 217 g/mol. The van der Waals surface area contributed by atoms with Gasteiger partial charge in [-0.05, 0) is 44.0 Å². The van der Waals surface area contributed by atoms with Crippen molar-refractivity contribution in [1.82, 2.24) is 4.90 Å². The molecule has 1 aromatic rings. The largest absolute Gasteiger partial charge is 0.388 e. The molecule has 3 heteroatoms. The van der Waals surface area contributed by atoms with Crippen LogP contribution in [0.2, 0.25) is 0 Å². The molecule has 0 aromatic heterocycles. The minimum atomic E-state index is -0.488. The third kappa shape index (κ3) is 3.27. The lowest BCUT2D eigenvalue weighted by molar-refractivity contribution is 0.112. The molecule has 2 nitrogen and oxygen atoms in total. The molecule has 0 amide bonds. The molecule has 1 fully saturated rings. The van der Waals surface area contributed by atoms with Gasteiger partial charge in [0.15, 0.2) is 0 Å². The summed E-state index contributed by atoms with van der Waals surface area (Å²) in [6.07, 6.45) is 4.11. The Hall–Kier alpha value is -0.930. The predicted molar refractivity (Wildman–Crippen MR) is 66.2 cm³/mol. The summed E-state index contributed by atoms with van der Waals surface area (Å²) >= 11 is 0. The van der Waals surface area contributed by atoms with E-state index >= 15 is 0 Å². The monoisotopic (exact) mass is 237 g/mol. The fourth-order valence-corrected chi connectivity index (χ4v) is 2.19. The number of hydrogen-bond donors (Lipinski definition) is 1. The third-order valence-corrected chi connectivity index (χ3v) is 3.71. The smallest absolute Gasteiger partial charge is 0.123 e. The molecule has 94 valence electrons. The van der Waals surface area contributed by atoms with Gasteiger partial charge in [0.25, 0.3) is 0 Å². The second-order valence-electron chi connectivity index (χ2n) is 4.92. The molecule has 0 spiro atoms. The normalized spacial score (nSPS) is 18.1. The summed E-state index contributed by atoms with van der Waals surface area (Å²) in [5.41, 5.74) is 0.799. The van der Waals surface area contributed by atoms with Crippen LogP contribution in [-0.2, 0) is 0 Å². The lowest BCUT2D eigenvalue weighted by Gasteiger charge is -2.35. The van der Waals surface area contributed by atoms with Crippen molar-refractivity contribution in [2.45, 2.75) is 37.8 Å². The van der Waals surface area contributed by atoms with Gasteiger partial charge < -0.3 is 10.0 Å². The van der Waals surface area contributed by atoms with E-state index in [9.17, 15) is 9.50 Å². The standard InChI is InChI=1S/C14H20FNO/c1-16(13-3-2-4-13)10-9-14(17)11-5-7-12(15)8-6-11/h5-8,13-14,17H,2-4,9-10H2,1H3. The van der Waals surface area contributed by atoms with Gasteiger partial charge in [0, 0.05) is 12.6 Å². The number of aliphatic hydroxyl groups is 1. The Morgan fingerprint density at radius 1 is 1.35 bits per heavy atom. The van der Waals surface area contributed by atoms with Crippen molar-refractivity contribution in [2.24, 2.45) is 0 Å². The third-order valence-electron chi connectivity index (χ3n) is 3.71. The van der Waals surface area contributed by atoms with Gasteiger partial charge in [-0.1, -0.05) is 18.6 Å². The molecule has 1 N–H and O–H groups in total. The van der Waals surface area contributed by atoms with Crippen LogP contribution in [0.15, 0.2) is 24.3 Å². The van der Waals surface area contributed by atoms with Gasteiger partial charge in [0.05, 0.1) is 6.10 Å². The number of halogens is 1. The van der Waals surface area contributed by atoms with Crippen LogP contribution in [0.1, 0.15) is 37.4 Å². The predicted octanol–water partition coefficient (Wildman–Crippen LogP) is 2.73. The van der Waals surface area contributed by atoms with E-state index in [-0.39, 0.29) is 5.82 Å². The van der Waals surface area contributed by atoms with E-state index in [2.05, 4.69) is 11.9 Å². The van der Waals surface area contributed by atoms with E-state index in [4.69, 9.17) is 0 Å². The second-order valence-corrected chi connectivity index (χ2v) is 4.92. The van der Waals surface area contributed by atoms with Gasteiger partial charge in [-0.25, -0.2) is 4.39 Å². The molecule has 1 aliphatic rings. The van der Waals surface area contributed by atoms with Crippen LogP contribution in [0.4, 0.5) is 4.39 Å². The van der Waals surface area contributed by atoms with Crippen molar-refractivity contribution in [3.05, 3.63) is 35.6 Å². The molecule has 0 heterocycles.